The van der Waals surface area contributed by atoms with Crippen LogP contribution < -0.4 is 19.7 Å². The van der Waals surface area contributed by atoms with Gasteiger partial charge in [-0.3, -0.25) is 9.59 Å². The first-order chi connectivity index (χ1) is 13.1. The van der Waals surface area contributed by atoms with Gasteiger partial charge >= 0.3 is 0 Å². The third kappa shape index (κ3) is 3.62. The van der Waals surface area contributed by atoms with E-state index in [0.717, 1.165) is 5.82 Å². The van der Waals surface area contributed by atoms with Crippen molar-refractivity contribution in [2.24, 2.45) is 0 Å². The fourth-order valence-corrected chi connectivity index (χ4v) is 3.04. The van der Waals surface area contributed by atoms with Gasteiger partial charge in [-0.2, -0.15) is 0 Å². The minimum absolute atomic E-state index is 0.0855. The van der Waals surface area contributed by atoms with Gasteiger partial charge in [0, 0.05) is 38.7 Å². The zero-order chi connectivity index (χ0) is 18.8. The van der Waals surface area contributed by atoms with Crippen LogP contribution in [-0.4, -0.2) is 59.9 Å². The first kappa shape index (κ1) is 17.1. The molecule has 2 aliphatic rings. The van der Waals surface area contributed by atoms with Crippen LogP contribution in [0.4, 0.5) is 11.6 Å². The van der Waals surface area contributed by atoms with Crippen molar-refractivity contribution in [3.05, 3.63) is 35.9 Å². The molecule has 2 aromatic rings. The van der Waals surface area contributed by atoms with Gasteiger partial charge in [0.25, 0.3) is 5.91 Å². The zero-order valence-corrected chi connectivity index (χ0v) is 14.8. The highest BCUT2D eigenvalue weighted by atomic mass is 16.7. The molecule has 2 amide bonds. The maximum atomic E-state index is 12.4. The predicted octanol–water partition coefficient (Wildman–Crippen LogP) is 1.13. The lowest BCUT2D eigenvalue weighted by Gasteiger charge is -2.34. The van der Waals surface area contributed by atoms with Crippen LogP contribution in [0.3, 0.4) is 0 Å². The standard InChI is InChI=1S/C18H19N5O4/c1-12(24)22-6-8-23(9-7-22)17-5-4-16(20-21-17)19-18(25)13-2-3-14-15(10-13)27-11-26-14/h2-5,10H,6-9,11H2,1H3,(H,19,20,25). The Morgan fingerprint density at radius 2 is 1.78 bits per heavy atom. The molecule has 1 saturated heterocycles. The van der Waals surface area contributed by atoms with Gasteiger partial charge in [0.1, 0.15) is 0 Å². The van der Waals surface area contributed by atoms with Crippen LogP contribution in [0.2, 0.25) is 0 Å². The average molecular weight is 369 g/mol. The number of nitrogens with zero attached hydrogens (tertiary/aromatic N) is 4. The Balaban J connectivity index is 1.38. The van der Waals surface area contributed by atoms with Gasteiger partial charge in [0.2, 0.25) is 12.7 Å². The van der Waals surface area contributed by atoms with Crippen molar-refractivity contribution in [3.63, 3.8) is 0 Å². The second-order valence-electron chi connectivity index (χ2n) is 6.29. The first-order valence-electron chi connectivity index (χ1n) is 8.65. The van der Waals surface area contributed by atoms with E-state index >= 15 is 0 Å². The molecule has 1 aromatic carbocycles. The quantitative estimate of drug-likeness (QED) is 0.866. The van der Waals surface area contributed by atoms with E-state index < -0.39 is 0 Å². The number of carbonyl (C=O) groups excluding carboxylic acids is 2. The summed E-state index contributed by atoms with van der Waals surface area (Å²) in [5.41, 5.74) is 0.450. The summed E-state index contributed by atoms with van der Waals surface area (Å²) in [7, 11) is 0. The van der Waals surface area contributed by atoms with Gasteiger partial charge in [0.05, 0.1) is 0 Å². The smallest absolute Gasteiger partial charge is 0.257 e. The van der Waals surface area contributed by atoms with Gasteiger partial charge in [-0.25, -0.2) is 0 Å². The summed E-state index contributed by atoms with van der Waals surface area (Å²) in [4.78, 5) is 27.6. The maximum Gasteiger partial charge on any atom is 0.257 e. The van der Waals surface area contributed by atoms with E-state index in [1.165, 1.54) is 0 Å². The summed E-state index contributed by atoms with van der Waals surface area (Å²) in [5, 5.41) is 11.0. The molecule has 1 aromatic heterocycles. The van der Waals surface area contributed by atoms with E-state index in [-0.39, 0.29) is 18.6 Å². The van der Waals surface area contributed by atoms with E-state index in [4.69, 9.17) is 9.47 Å². The first-order valence-corrected chi connectivity index (χ1v) is 8.65. The number of rotatable bonds is 3. The molecule has 0 saturated carbocycles. The summed E-state index contributed by atoms with van der Waals surface area (Å²) in [6.45, 7) is 4.48. The Hall–Kier alpha value is -3.36. The monoisotopic (exact) mass is 369 g/mol. The number of amides is 2. The molecule has 1 fully saturated rings. The number of benzene rings is 1. The number of aromatic nitrogens is 2. The van der Waals surface area contributed by atoms with Gasteiger partial charge in [0.15, 0.2) is 23.1 Å². The summed E-state index contributed by atoms with van der Waals surface area (Å²) in [5.74, 6) is 2.05. The minimum atomic E-state index is -0.301. The largest absolute Gasteiger partial charge is 0.454 e. The highest BCUT2D eigenvalue weighted by Gasteiger charge is 2.20. The minimum Gasteiger partial charge on any atom is -0.454 e. The van der Waals surface area contributed by atoms with Crippen molar-refractivity contribution >= 4 is 23.5 Å². The van der Waals surface area contributed by atoms with Gasteiger partial charge in [-0.15, -0.1) is 10.2 Å². The molecule has 1 N–H and O–H groups in total. The lowest BCUT2D eigenvalue weighted by molar-refractivity contribution is -0.129. The number of hydrogen-bond acceptors (Lipinski definition) is 7. The lowest BCUT2D eigenvalue weighted by atomic mass is 10.2. The second-order valence-corrected chi connectivity index (χ2v) is 6.29. The highest BCUT2D eigenvalue weighted by molar-refractivity contribution is 6.04. The zero-order valence-electron chi connectivity index (χ0n) is 14.8. The molecule has 9 nitrogen and oxygen atoms in total. The van der Waals surface area contributed by atoms with Crippen LogP contribution in [0.15, 0.2) is 30.3 Å². The molecule has 0 unspecified atom stereocenters. The number of piperazine rings is 1. The number of ether oxygens (including phenoxy) is 2. The fraction of sp³-hybridized carbons (Fsp3) is 0.333. The van der Waals surface area contributed by atoms with Crippen molar-refractivity contribution in [2.75, 3.05) is 43.2 Å². The molecule has 0 bridgehead atoms. The van der Waals surface area contributed by atoms with E-state index in [1.54, 1.807) is 31.2 Å². The van der Waals surface area contributed by atoms with E-state index in [1.807, 2.05) is 11.0 Å². The molecule has 4 rings (SSSR count). The molecule has 0 radical (unpaired) electrons. The Morgan fingerprint density at radius 1 is 1.00 bits per heavy atom. The van der Waals surface area contributed by atoms with Crippen molar-refractivity contribution in [1.29, 1.82) is 0 Å². The average Bonchev–Trinajstić information content (AvgIpc) is 3.16. The molecular weight excluding hydrogens is 350 g/mol. The summed E-state index contributed by atoms with van der Waals surface area (Å²) in [6, 6.07) is 8.52. The molecule has 140 valence electrons. The van der Waals surface area contributed by atoms with Crippen LogP contribution in [0.25, 0.3) is 0 Å². The summed E-state index contributed by atoms with van der Waals surface area (Å²) in [6.07, 6.45) is 0. The molecule has 9 heteroatoms. The highest BCUT2D eigenvalue weighted by Crippen LogP contribution is 2.32. The number of nitrogens with one attached hydrogen (secondary N) is 1. The molecule has 0 spiro atoms. The van der Waals surface area contributed by atoms with Crippen molar-refractivity contribution in [1.82, 2.24) is 15.1 Å². The molecule has 3 heterocycles. The Bertz CT molecular complexity index is 863. The molecule has 0 aliphatic carbocycles. The Morgan fingerprint density at radius 3 is 2.48 bits per heavy atom. The van der Waals surface area contributed by atoms with Crippen LogP contribution in [0.5, 0.6) is 11.5 Å². The lowest BCUT2D eigenvalue weighted by Crippen LogP contribution is -2.48. The number of carbonyl (C=O) groups is 2. The van der Waals surface area contributed by atoms with E-state index in [2.05, 4.69) is 20.4 Å². The fourth-order valence-electron chi connectivity index (χ4n) is 3.04. The number of hydrogen-bond donors (Lipinski definition) is 1. The number of fused-ring (bicyclic) bond motifs is 1. The van der Waals surface area contributed by atoms with Crippen LogP contribution in [-0.2, 0) is 4.79 Å². The SMILES string of the molecule is CC(=O)N1CCN(c2ccc(NC(=O)c3ccc4c(c3)OCO4)nn2)CC1. The van der Waals surface area contributed by atoms with Gasteiger partial charge < -0.3 is 24.6 Å². The Kier molecular flexibility index (Phi) is 4.49. The Labute approximate surface area is 155 Å². The second kappa shape index (κ2) is 7.10. The number of anilines is 2. The van der Waals surface area contributed by atoms with Gasteiger partial charge in [-0.05, 0) is 30.3 Å². The van der Waals surface area contributed by atoms with Crippen molar-refractivity contribution in [3.8, 4) is 11.5 Å². The van der Waals surface area contributed by atoms with E-state index in [9.17, 15) is 9.59 Å². The molecule has 2 aliphatic heterocycles. The topological polar surface area (TPSA) is 96.9 Å². The molecule has 0 atom stereocenters. The van der Waals surface area contributed by atoms with Crippen LogP contribution >= 0.6 is 0 Å². The predicted molar refractivity (Wildman–Crippen MR) is 97.0 cm³/mol. The maximum absolute atomic E-state index is 12.4. The molecule has 27 heavy (non-hydrogen) atoms. The summed E-state index contributed by atoms with van der Waals surface area (Å²) < 4.78 is 10.5. The van der Waals surface area contributed by atoms with E-state index in [0.29, 0.717) is 49.1 Å². The van der Waals surface area contributed by atoms with Crippen molar-refractivity contribution in [2.45, 2.75) is 6.92 Å². The normalized spacial score (nSPS) is 15.6. The summed E-state index contributed by atoms with van der Waals surface area (Å²) >= 11 is 0. The van der Waals surface area contributed by atoms with Crippen LogP contribution in [0, 0.1) is 0 Å². The third-order valence-corrected chi connectivity index (χ3v) is 4.58. The van der Waals surface area contributed by atoms with Crippen molar-refractivity contribution < 1.29 is 19.1 Å². The van der Waals surface area contributed by atoms with Crippen LogP contribution in [0.1, 0.15) is 17.3 Å². The van der Waals surface area contributed by atoms with Gasteiger partial charge in [-0.1, -0.05) is 0 Å². The molecular formula is C18H19N5O4. The third-order valence-electron chi connectivity index (χ3n) is 4.58.